The van der Waals surface area contributed by atoms with Crippen molar-refractivity contribution in [2.45, 2.75) is 13.8 Å². The SMILES string of the molecule is CON=C(C(=O)NNc1nc(NNC(=O)C(=NOC)c2ccc(NC(C)=O)s2)nc(Nc2ccccc2)n1)c1cc(NC(C)=O)cs1. The smallest absolute Gasteiger partial charge is 0.293 e. The van der Waals surface area contributed by atoms with Gasteiger partial charge in [0.1, 0.15) is 14.2 Å². The molecule has 0 spiro atoms. The van der Waals surface area contributed by atoms with E-state index in [2.05, 4.69) is 62.9 Å². The molecule has 3 aromatic heterocycles. The number of carbonyl (C=O) groups is 4. The second kappa shape index (κ2) is 16.2. The quantitative estimate of drug-likeness (QED) is 0.0752. The molecule has 0 saturated carbocycles. The molecule has 244 valence electrons. The van der Waals surface area contributed by atoms with Crippen molar-refractivity contribution in [3.8, 4) is 0 Å². The summed E-state index contributed by atoms with van der Waals surface area (Å²) in [5, 5.41) is 18.1. The van der Waals surface area contributed by atoms with E-state index < -0.39 is 11.8 Å². The zero-order valence-corrected chi connectivity index (χ0v) is 26.8. The summed E-state index contributed by atoms with van der Waals surface area (Å²) in [4.78, 5) is 72.2. The maximum absolute atomic E-state index is 13.1. The largest absolute Gasteiger partial charge is 0.398 e. The van der Waals surface area contributed by atoms with Gasteiger partial charge in [-0.3, -0.25) is 40.9 Å². The highest BCUT2D eigenvalue weighted by Crippen LogP contribution is 2.23. The van der Waals surface area contributed by atoms with Gasteiger partial charge in [0, 0.05) is 24.9 Å². The van der Waals surface area contributed by atoms with Gasteiger partial charge in [-0.2, -0.15) is 15.0 Å². The van der Waals surface area contributed by atoms with Crippen LogP contribution in [-0.2, 0) is 28.9 Å². The lowest BCUT2D eigenvalue weighted by atomic mass is 10.3. The molecule has 1 aromatic carbocycles. The number of hydrogen-bond donors (Lipinski definition) is 7. The van der Waals surface area contributed by atoms with Crippen LogP contribution in [-0.4, -0.2) is 64.2 Å². The van der Waals surface area contributed by atoms with Gasteiger partial charge in [-0.1, -0.05) is 28.5 Å². The topological polar surface area (TPSA) is 234 Å². The average Bonchev–Trinajstić information content (AvgIpc) is 3.69. The molecule has 0 atom stereocenters. The normalized spacial score (nSPS) is 11.1. The van der Waals surface area contributed by atoms with E-state index in [0.29, 0.717) is 26.1 Å². The highest BCUT2D eigenvalue weighted by molar-refractivity contribution is 7.19. The Morgan fingerprint density at radius 1 is 0.702 bits per heavy atom. The molecular formula is C27H28N12O6S2. The summed E-state index contributed by atoms with van der Waals surface area (Å²) in [7, 11) is 2.57. The van der Waals surface area contributed by atoms with Gasteiger partial charge < -0.3 is 25.6 Å². The first kappa shape index (κ1) is 33.7. The van der Waals surface area contributed by atoms with E-state index in [1.807, 2.05) is 6.07 Å². The Morgan fingerprint density at radius 2 is 1.28 bits per heavy atom. The summed E-state index contributed by atoms with van der Waals surface area (Å²) in [5.41, 5.74) is 11.0. The molecular weight excluding hydrogens is 653 g/mol. The molecule has 4 rings (SSSR count). The highest BCUT2D eigenvalue weighted by atomic mass is 32.1. The first-order chi connectivity index (χ1) is 22.6. The molecule has 0 aliphatic rings. The maximum atomic E-state index is 13.1. The van der Waals surface area contributed by atoms with Gasteiger partial charge in [0.05, 0.1) is 20.4 Å². The van der Waals surface area contributed by atoms with Gasteiger partial charge in [0.25, 0.3) is 11.8 Å². The summed E-state index contributed by atoms with van der Waals surface area (Å²) in [6.07, 6.45) is 0. The standard InChI is InChI=1S/C27H28N12O6S2/c1-14(40)28-17-12-19(46-13-17)22(39-45-4)24(43)35-37-27-32-25(30-16-8-6-5-7-9-16)31-26(33-27)36-34-23(42)21(38-44-3)18-10-11-20(47-18)29-15(2)41/h5-13H,1-4H3,(H,28,40)(H,29,41)(H,34,42)(H,35,43)(H3,30,31,32,33,36,37). The second-order valence-corrected chi connectivity index (χ2v) is 10.9. The Hall–Kier alpha value is -6.15. The number of rotatable bonds is 14. The van der Waals surface area contributed by atoms with Gasteiger partial charge in [0.15, 0.2) is 11.4 Å². The van der Waals surface area contributed by atoms with E-state index in [1.165, 1.54) is 28.1 Å². The monoisotopic (exact) mass is 680 g/mol. The summed E-state index contributed by atoms with van der Waals surface area (Å²) in [6, 6.07) is 13.8. The third-order valence-corrected chi connectivity index (χ3v) is 7.27. The zero-order valence-electron chi connectivity index (χ0n) is 25.2. The molecule has 4 amide bonds. The van der Waals surface area contributed by atoms with E-state index in [1.54, 1.807) is 47.8 Å². The highest BCUT2D eigenvalue weighted by Gasteiger charge is 2.20. The molecule has 7 N–H and O–H groups in total. The van der Waals surface area contributed by atoms with Gasteiger partial charge in [-0.25, -0.2) is 0 Å². The minimum atomic E-state index is -0.709. The molecule has 0 unspecified atom stereocenters. The van der Waals surface area contributed by atoms with Crippen LogP contribution < -0.4 is 37.7 Å². The number of thiophene rings is 2. The van der Waals surface area contributed by atoms with Gasteiger partial charge >= 0.3 is 0 Å². The fourth-order valence-electron chi connectivity index (χ4n) is 3.55. The fraction of sp³-hybridized carbons (Fsp3) is 0.148. The Balaban J connectivity index is 1.52. The zero-order chi connectivity index (χ0) is 33.8. The van der Waals surface area contributed by atoms with Crippen LogP contribution in [0.4, 0.5) is 34.2 Å². The van der Waals surface area contributed by atoms with Crippen molar-refractivity contribution < 1.29 is 28.9 Å². The predicted molar refractivity (Wildman–Crippen MR) is 177 cm³/mol. The van der Waals surface area contributed by atoms with Crippen molar-refractivity contribution in [1.29, 1.82) is 0 Å². The van der Waals surface area contributed by atoms with Crippen molar-refractivity contribution in [2.24, 2.45) is 10.3 Å². The van der Waals surface area contributed by atoms with Crippen LogP contribution in [0.15, 0.2) is 64.2 Å². The Bertz CT molecular complexity index is 1700. The molecule has 47 heavy (non-hydrogen) atoms. The summed E-state index contributed by atoms with van der Waals surface area (Å²) in [5.74, 6) is -2.17. The number of para-hydroxylation sites is 1. The van der Waals surface area contributed by atoms with Crippen molar-refractivity contribution in [3.05, 3.63) is 63.7 Å². The van der Waals surface area contributed by atoms with Crippen LogP contribution in [0.25, 0.3) is 0 Å². The van der Waals surface area contributed by atoms with Crippen molar-refractivity contribution in [3.63, 3.8) is 0 Å². The molecule has 0 fully saturated rings. The number of hydrazine groups is 2. The number of carbonyl (C=O) groups excluding carboxylic acids is 4. The maximum Gasteiger partial charge on any atom is 0.293 e. The molecule has 4 aromatic rings. The van der Waals surface area contributed by atoms with Crippen LogP contribution in [0.5, 0.6) is 0 Å². The Labute approximate surface area is 275 Å². The lowest BCUT2D eigenvalue weighted by Gasteiger charge is -2.13. The second-order valence-electron chi connectivity index (χ2n) is 8.93. The fourth-order valence-corrected chi connectivity index (χ4v) is 5.30. The van der Waals surface area contributed by atoms with Gasteiger partial charge in [-0.05, 0) is 30.3 Å². The molecule has 18 nitrogen and oxygen atoms in total. The first-order valence-electron chi connectivity index (χ1n) is 13.3. The third-order valence-electron chi connectivity index (χ3n) is 5.33. The van der Waals surface area contributed by atoms with Crippen LogP contribution in [0, 0.1) is 0 Å². The minimum Gasteiger partial charge on any atom is -0.398 e. The van der Waals surface area contributed by atoms with Crippen molar-refractivity contribution >= 4 is 91.9 Å². The number of oxime groups is 2. The van der Waals surface area contributed by atoms with E-state index in [-0.39, 0.29) is 41.1 Å². The first-order valence-corrected chi connectivity index (χ1v) is 15.0. The van der Waals surface area contributed by atoms with E-state index in [0.717, 1.165) is 22.7 Å². The van der Waals surface area contributed by atoms with Crippen LogP contribution >= 0.6 is 22.7 Å². The number of benzene rings is 1. The lowest BCUT2D eigenvalue weighted by molar-refractivity contribution is -0.115. The van der Waals surface area contributed by atoms with Crippen LogP contribution in [0.1, 0.15) is 23.6 Å². The molecule has 0 bridgehead atoms. The van der Waals surface area contributed by atoms with Crippen molar-refractivity contribution in [2.75, 3.05) is 41.0 Å². The number of hydrogen-bond acceptors (Lipinski definition) is 16. The van der Waals surface area contributed by atoms with Gasteiger partial charge in [0.2, 0.25) is 29.7 Å². The van der Waals surface area contributed by atoms with Crippen molar-refractivity contribution in [1.82, 2.24) is 25.8 Å². The number of amides is 4. The number of nitrogens with zero attached hydrogens (tertiary/aromatic N) is 5. The average molecular weight is 681 g/mol. The number of nitrogens with one attached hydrogen (secondary N) is 7. The number of aromatic nitrogens is 3. The third kappa shape index (κ3) is 9.92. The molecule has 0 aliphatic heterocycles. The van der Waals surface area contributed by atoms with E-state index in [9.17, 15) is 19.2 Å². The van der Waals surface area contributed by atoms with E-state index in [4.69, 9.17) is 9.68 Å². The number of anilines is 6. The molecule has 0 saturated heterocycles. The van der Waals surface area contributed by atoms with Gasteiger partial charge in [-0.15, -0.1) is 22.7 Å². The minimum absolute atomic E-state index is 0.0488. The molecule has 20 heteroatoms. The Kier molecular flexibility index (Phi) is 11.7. The predicted octanol–water partition coefficient (Wildman–Crippen LogP) is 2.64. The summed E-state index contributed by atoms with van der Waals surface area (Å²) < 4.78 is 0. The Morgan fingerprint density at radius 3 is 1.85 bits per heavy atom. The van der Waals surface area contributed by atoms with Crippen LogP contribution in [0.3, 0.4) is 0 Å². The summed E-state index contributed by atoms with van der Waals surface area (Å²) in [6.45, 7) is 2.73. The molecule has 3 heterocycles. The molecule has 0 aliphatic carbocycles. The van der Waals surface area contributed by atoms with E-state index >= 15 is 0 Å². The lowest BCUT2D eigenvalue weighted by Crippen LogP contribution is -2.38. The summed E-state index contributed by atoms with van der Waals surface area (Å²) >= 11 is 2.27. The van der Waals surface area contributed by atoms with Crippen LogP contribution in [0.2, 0.25) is 0 Å². The molecule has 0 radical (unpaired) electrons.